The van der Waals surface area contributed by atoms with Gasteiger partial charge in [0.05, 0.1) is 11.4 Å². The number of amides is 2. The number of rotatable bonds is 5. The molecule has 0 saturated carbocycles. The summed E-state index contributed by atoms with van der Waals surface area (Å²) in [5, 5.41) is -0.416. The molecule has 0 radical (unpaired) electrons. The number of benzene rings is 3. The molecule has 0 aliphatic carbocycles. The van der Waals surface area contributed by atoms with Crippen molar-refractivity contribution in [3.05, 3.63) is 101 Å². The third kappa shape index (κ3) is 4.38. The van der Waals surface area contributed by atoms with E-state index in [4.69, 9.17) is 4.74 Å². The molecule has 1 aliphatic rings. The number of hydrogen-bond acceptors (Lipinski definition) is 4. The van der Waals surface area contributed by atoms with Crippen molar-refractivity contribution in [2.45, 2.75) is 6.54 Å². The molecule has 6 heteroatoms. The SMILES string of the molecule is O=C1S/C(=C\c2cccc(Oc3ccccc3)c2)C(=O)N1Cc1ccccc1F. The lowest BCUT2D eigenvalue weighted by Crippen LogP contribution is -2.27. The lowest BCUT2D eigenvalue weighted by Gasteiger charge is -2.12. The molecule has 1 saturated heterocycles. The van der Waals surface area contributed by atoms with Gasteiger partial charge >= 0.3 is 0 Å². The molecule has 0 N–H and O–H groups in total. The molecule has 1 aliphatic heterocycles. The van der Waals surface area contributed by atoms with Crippen LogP contribution in [-0.2, 0) is 11.3 Å². The summed E-state index contributed by atoms with van der Waals surface area (Å²) < 4.78 is 19.7. The summed E-state index contributed by atoms with van der Waals surface area (Å²) in [4.78, 5) is 26.3. The van der Waals surface area contributed by atoms with Crippen molar-refractivity contribution < 1.29 is 18.7 Å². The van der Waals surface area contributed by atoms with Crippen LogP contribution in [0.5, 0.6) is 11.5 Å². The normalized spacial score (nSPS) is 15.2. The van der Waals surface area contributed by atoms with Gasteiger partial charge in [-0.25, -0.2) is 4.39 Å². The monoisotopic (exact) mass is 405 g/mol. The van der Waals surface area contributed by atoms with Crippen LogP contribution in [0.2, 0.25) is 0 Å². The standard InChI is InChI=1S/C23H16FNO3S/c24-20-12-5-4-8-17(20)15-25-22(26)21(29-23(25)27)14-16-7-6-11-19(13-16)28-18-9-2-1-3-10-18/h1-14H,15H2/b21-14-. The van der Waals surface area contributed by atoms with Crippen LogP contribution in [0, 0.1) is 5.82 Å². The van der Waals surface area contributed by atoms with Gasteiger partial charge in [-0.2, -0.15) is 0 Å². The second kappa shape index (κ2) is 8.32. The zero-order valence-corrected chi connectivity index (χ0v) is 16.1. The number of halogens is 1. The van der Waals surface area contributed by atoms with Crippen LogP contribution in [0.3, 0.4) is 0 Å². The van der Waals surface area contributed by atoms with Gasteiger partial charge < -0.3 is 4.74 Å². The highest BCUT2D eigenvalue weighted by molar-refractivity contribution is 8.18. The maximum Gasteiger partial charge on any atom is 0.293 e. The second-order valence-corrected chi connectivity index (χ2v) is 7.34. The molecule has 29 heavy (non-hydrogen) atoms. The largest absolute Gasteiger partial charge is 0.457 e. The van der Waals surface area contributed by atoms with E-state index in [9.17, 15) is 14.0 Å². The molecule has 3 aromatic carbocycles. The number of carbonyl (C=O) groups is 2. The van der Waals surface area contributed by atoms with Crippen LogP contribution in [0.4, 0.5) is 9.18 Å². The summed E-state index contributed by atoms with van der Waals surface area (Å²) in [5.41, 5.74) is 1.03. The van der Waals surface area contributed by atoms with Gasteiger partial charge in [-0.05, 0) is 53.7 Å². The summed E-state index contributed by atoms with van der Waals surface area (Å²) in [6, 6.07) is 22.7. The highest BCUT2D eigenvalue weighted by atomic mass is 32.2. The average Bonchev–Trinajstić information content (AvgIpc) is 2.98. The molecule has 2 amide bonds. The zero-order chi connectivity index (χ0) is 20.2. The minimum atomic E-state index is -0.443. The molecular formula is C23H16FNO3S. The van der Waals surface area contributed by atoms with E-state index in [1.165, 1.54) is 6.07 Å². The van der Waals surface area contributed by atoms with Gasteiger partial charge in [0.1, 0.15) is 17.3 Å². The fraction of sp³-hybridized carbons (Fsp3) is 0.0435. The highest BCUT2D eigenvalue weighted by Gasteiger charge is 2.35. The second-order valence-electron chi connectivity index (χ2n) is 6.35. The Hall–Kier alpha value is -3.38. The predicted octanol–water partition coefficient (Wildman–Crippen LogP) is 5.85. The number of hydrogen-bond donors (Lipinski definition) is 0. The van der Waals surface area contributed by atoms with E-state index in [2.05, 4.69) is 0 Å². The van der Waals surface area contributed by atoms with Crippen molar-refractivity contribution in [2.75, 3.05) is 0 Å². The minimum absolute atomic E-state index is 0.0914. The quantitative estimate of drug-likeness (QED) is 0.499. The lowest BCUT2D eigenvalue weighted by atomic mass is 10.2. The molecule has 0 atom stereocenters. The van der Waals surface area contributed by atoms with Crippen molar-refractivity contribution in [1.82, 2.24) is 4.90 Å². The van der Waals surface area contributed by atoms with E-state index in [1.54, 1.807) is 30.3 Å². The first-order chi connectivity index (χ1) is 14.1. The maximum atomic E-state index is 13.9. The van der Waals surface area contributed by atoms with Crippen LogP contribution in [-0.4, -0.2) is 16.0 Å². The van der Waals surface area contributed by atoms with E-state index >= 15 is 0 Å². The first-order valence-corrected chi connectivity index (χ1v) is 9.73. The van der Waals surface area contributed by atoms with Crippen molar-refractivity contribution in [1.29, 1.82) is 0 Å². The molecule has 3 aromatic rings. The molecule has 0 aromatic heterocycles. The van der Waals surface area contributed by atoms with Crippen molar-refractivity contribution in [3.8, 4) is 11.5 Å². The Morgan fingerprint density at radius 1 is 0.897 bits per heavy atom. The Labute approximate surface area is 171 Å². The van der Waals surface area contributed by atoms with Gasteiger partial charge in [-0.1, -0.05) is 48.5 Å². The number of ether oxygens (including phenoxy) is 1. The maximum absolute atomic E-state index is 13.9. The summed E-state index contributed by atoms with van der Waals surface area (Å²) in [6.45, 7) is -0.0914. The highest BCUT2D eigenvalue weighted by Crippen LogP contribution is 2.34. The van der Waals surface area contributed by atoms with E-state index in [0.717, 1.165) is 22.2 Å². The first kappa shape index (κ1) is 19.0. The molecule has 4 nitrogen and oxygen atoms in total. The molecule has 1 heterocycles. The van der Waals surface area contributed by atoms with Crippen molar-refractivity contribution in [2.24, 2.45) is 0 Å². The van der Waals surface area contributed by atoms with Crippen LogP contribution in [0.25, 0.3) is 6.08 Å². The number of para-hydroxylation sites is 1. The number of carbonyl (C=O) groups excluding carboxylic acids is 2. The van der Waals surface area contributed by atoms with Crippen molar-refractivity contribution in [3.63, 3.8) is 0 Å². The van der Waals surface area contributed by atoms with Crippen LogP contribution in [0.15, 0.2) is 83.8 Å². The van der Waals surface area contributed by atoms with Gasteiger partial charge in [0.25, 0.3) is 11.1 Å². The number of nitrogens with zero attached hydrogens (tertiary/aromatic N) is 1. The topological polar surface area (TPSA) is 46.6 Å². The first-order valence-electron chi connectivity index (χ1n) is 8.92. The van der Waals surface area contributed by atoms with Crippen LogP contribution >= 0.6 is 11.8 Å². The minimum Gasteiger partial charge on any atom is -0.457 e. The van der Waals surface area contributed by atoms with Crippen LogP contribution < -0.4 is 4.74 Å². The Balaban J connectivity index is 1.53. The summed E-state index contributed by atoms with van der Waals surface area (Å²) >= 11 is 0.847. The lowest BCUT2D eigenvalue weighted by molar-refractivity contribution is -0.123. The fourth-order valence-corrected chi connectivity index (χ4v) is 3.72. The molecule has 144 valence electrons. The molecule has 0 unspecified atom stereocenters. The zero-order valence-electron chi connectivity index (χ0n) is 15.2. The van der Waals surface area contributed by atoms with E-state index in [-0.39, 0.29) is 6.54 Å². The van der Waals surface area contributed by atoms with E-state index < -0.39 is 17.0 Å². The van der Waals surface area contributed by atoms with Gasteiger partial charge in [0.2, 0.25) is 0 Å². The van der Waals surface area contributed by atoms with Gasteiger partial charge in [-0.15, -0.1) is 0 Å². The summed E-state index contributed by atoms with van der Waals surface area (Å²) in [6.07, 6.45) is 1.64. The van der Waals surface area contributed by atoms with E-state index in [0.29, 0.717) is 22.0 Å². The van der Waals surface area contributed by atoms with Crippen molar-refractivity contribution >= 4 is 29.0 Å². The Bertz CT molecular complexity index is 1100. The molecular weight excluding hydrogens is 389 g/mol. The summed E-state index contributed by atoms with van der Waals surface area (Å²) in [5.74, 6) is 0.448. The Morgan fingerprint density at radius 3 is 2.41 bits per heavy atom. The number of thioether (sulfide) groups is 1. The average molecular weight is 405 g/mol. The van der Waals surface area contributed by atoms with Gasteiger partial charge in [0.15, 0.2) is 0 Å². The molecule has 1 fully saturated rings. The number of imide groups is 1. The predicted molar refractivity (Wildman–Crippen MR) is 111 cm³/mol. The van der Waals surface area contributed by atoms with Gasteiger partial charge in [0, 0.05) is 5.56 Å². The summed E-state index contributed by atoms with van der Waals surface area (Å²) in [7, 11) is 0. The Kier molecular flexibility index (Phi) is 5.44. The van der Waals surface area contributed by atoms with E-state index in [1.807, 2.05) is 48.5 Å². The third-order valence-electron chi connectivity index (χ3n) is 4.29. The molecule has 0 spiro atoms. The fourth-order valence-electron chi connectivity index (χ4n) is 2.88. The molecule has 4 rings (SSSR count). The third-order valence-corrected chi connectivity index (χ3v) is 5.20. The van der Waals surface area contributed by atoms with Gasteiger partial charge in [-0.3, -0.25) is 14.5 Å². The smallest absolute Gasteiger partial charge is 0.293 e. The Morgan fingerprint density at radius 2 is 1.62 bits per heavy atom. The molecule has 0 bridgehead atoms. The van der Waals surface area contributed by atoms with Crippen LogP contribution in [0.1, 0.15) is 11.1 Å².